The molecule has 0 unspecified atom stereocenters. The standard InChI is InChI=1S/C29H35N3O5/c1-19-13-20(7-9-25(19)34)11-12-30-28(37)23-6-4-5-21(14-23)16-29(2,3)32-17-27(36)22-8-10-26(35)24(15-22)31-18-33/h4-10,13-15,18,27,32,34-36H,11-12,16-17H2,1-3H3,(H,30,37)(H,31,33)/t27-/m0/s1. The Labute approximate surface area is 217 Å². The molecule has 0 heterocycles. The second-order valence-corrected chi connectivity index (χ2v) is 9.82. The smallest absolute Gasteiger partial charge is 0.251 e. The van der Waals surface area contributed by atoms with E-state index in [-0.39, 0.29) is 35.2 Å². The molecule has 0 saturated carbocycles. The second-order valence-electron chi connectivity index (χ2n) is 9.82. The third-order valence-corrected chi connectivity index (χ3v) is 6.19. The number of rotatable bonds is 12. The lowest BCUT2D eigenvalue weighted by atomic mass is 9.93. The number of benzene rings is 3. The van der Waals surface area contributed by atoms with E-state index in [1.165, 1.54) is 12.1 Å². The molecule has 2 amide bonds. The number of amides is 2. The number of hydrogen-bond donors (Lipinski definition) is 6. The van der Waals surface area contributed by atoms with Gasteiger partial charge in [-0.25, -0.2) is 0 Å². The summed E-state index contributed by atoms with van der Waals surface area (Å²) in [5.74, 6) is 0.0409. The first-order valence-corrected chi connectivity index (χ1v) is 12.2. The SMILES string of the molecule is Cc1cc(CCNC(=O)c2cccc(CC(C)(C)NC[C@H](O)c3ccc(O)c(NC=O)c3)c2)ccc1O. The van der Waals surface area contributed by atoms with Gasteiger partial charge >= 0.3 is 0 Å². The number of nitrogens with one attached hydrogen (secondary N) is 3. The average molecular weight is 506 g/mol. The number of phenols is 2. The Hall–Kier alpha value is -3.88. The molecule has 3 rings (SSSR count). The first-order chi connectivity index (χ1) is 17.6. The van der Waals surface area contributed by atoms with Crippen LogP contribution in [-0.2, 0) is 17.6 Å². The zero-order valence-electron chi connectivity index (χ0n) is 21.4. The van der Waals surface area contributed by atoms with E-state index in [0.29, 0.717) is 36.9 Å². The van der Waals surface area contributed by atoms with E-state index in [4.69, 9.17) is 0 Å². The zero-order chi connectivity index (χ0) is 27.0. The van der Waals surface area contributed by atoms with Crippen LogP contribution in [0.1, 0.15) is 52.6 Å². The quantitative estimate of drug-likeness (QED) is 0.165. The highest BCUT2D eigenvalue weighted by Crippen LogP contribution is 2.27. The van der Waals surface area contributed by atoms with Gasteiger partial charge in [0, 0.05) is 24.2 Å². The third-order valence-electron chi connectivity index (χ3n) is 6.19. The van der Waals surface area contributed by atoms with Crippen LogP contribution in [0.2, 0.25) is 0 Å². The molecule has 8 heteroatoms. The minimum Gasteiger partial charge on any atom is -0.508 e. The maximum absolute atomic E-state index is 12.7. The monoisotopic (exact) mass is 505 g/mol. The number of carbonyl (C=O) groups excluding carboxylic acids is 2. The molecule has 0 radical (unpaired) electrons. The van der Waals surface area contributed by atoms with Crippen molar-refractivity contribution < 1.29 is 24.9 Å². The Morgan fingerprint density at radius 2 is 1.76 bits per heavy atom. The number of hydrogen-bond acceptors (Lipinski definition) is 6. The van der Waals surface area contributed by atoms with Crippen molar-refractivity contribution >= 4 is 18.0 Å². The van der Waals surface area contributed by atoms with Crippen molar-refractivity contribution in [3.8, 4) is 11.5 Å². The highest BCUT2D eigenvalue weighted by Gasteiger charge is 2.21. The Morgan fingerprint density at radius 1 is 1.00 bits per heavy atom. The van der Waals surface area contributed by atoms with Crippen molar-refractivity contribution in [3.05, 3.63) is 88.5 Å². The topological polar surface area (TPSA) is 131 Å². The fourth-order valence-electron chi connectivity index (χ4n) is 4.12. The van der Waals surface area contributed by atoms with Gasteiger partial charge in [0.2, 0.25) is 6.41 Å². The fourth-order valence-corrected chi connectivity index (χ4v) is 4.12. The maximum atomic E-state index is 12.7. The van der Waals surface area contributed by atoms with Crippen molar-refractivity contribution in [3.63, 3.8) is 0 Å². The number of aromatic hydroxyl groups is 2. The van der Waals surface area contributed by atoms with Crippen LogP contribution in [0.15, 0.2) is 60.7 Å². The van der Waals surface area contributed by atoms with Crippen LogP contribution < -0.4 is 16.0 Å². The van der Waals surface area contributed by atoms with Crippen LogP contribution in [0.4, 0.5) is 5.69 Å². The van der Waals surface area contributed by atoms with Crippen LogP contribution in [-0.4, -0.2) is 46.3 Å². The van der Waals surface area contributed by atoms with Gasteiger partial charge < -0.3 is 31.3 Å². The Kier molecular flexibility index (Phi) is 9.27. The molecule has 3 aromatic rings. The minimum absolute atomic E-state index is 0.0734. The number of β-amino-alcohol motifs (C(OH)–C–C–N with tert-alkyl or cyclic N) is 1. The number of carbonyl (C=O) groups is 2. The molecule has 3 aromatic carbocycles. The highest BCUT2D eigenvalue weighted by molar-refractivity contribution is 5.94. The van der Waals surface area contributed by atoms with Gasteiger partial charge in [-0.05, 0) is 86.2 Å². The van der Waals surface area contributed by atoms with E-state index in [1.807, 2.05) is 51.1 Å². The first-order valence-electron chi connectivity index (χ1n) is 12.2. The Balaban J connectivity index is 1.54. The summed E-state index contributed by atoms with van der Waals surface area (Å²) in [6.45, 7) is 6.62. The molecule has 0 aliphatic rings. The van der Waals surface area contributed by atoms with Crippen LogP contribution in [0.3, 0.4) is 0 Å². The van der Waals surface area contributed by atoms with E-state index in [2.05, 4.69) is 16.0 Å². The van der Waals surface area contributed by atoms with Crippen molar-refractivity contribution in [1.82, 2.24) is 10.6 Å². The fraction of sp³-hybridized carbons (Fsp3) is 0.310. The summed E-state index contributed by atoms with van der Waals surface area (Å²) < 4.78 is 0. The molecule has 0 spiro atoms. The van der Waals surface area contributed by atoms with Gasteiger partial charge in [0.05, 0.1) is 11.8 Å². The van der Waals surface area contributed by atoms with Gasteiger partial charge in [-0.3, -0.25) is 9.59 Å². The lowest BCUT2D eigenvalue weighted by Gasteiger charge is -2.28. The summed E-state index contributed by atoms with van der Waals surface area (Å²) in [7, 11) is 0. The first kappa shape index (κ1) is 27.7. The van der Waals surface area contributed by atoms with E-state index < -0.39 is 6.10 Å². The van der Waals surface area contributed by atoms with Crippen molar-refractivity contribution in [2.45, 2.75) is 45.3 Å². The summed E-state index contributed by atoms with van der Waals surface area (Å²) in [4.78, 5) is 23.4. The number of aliphatic hydroxyl groups is 1. The normalized spacial score (nSPS) is 12.1. The predicted octanol–water partition coefficient (Wildman–Crippen LogP) is 3.59. The Bertz CT molecular complexity index is 1240. The summed E-state index contributed by atoms with van der Waals surface area (Å²) in [6.07, 6.45) is 0.916. The number of aliphatic hydroxyl groups excluding tert-OH is 1. The van der Waals surface area contributed by atoms with Gasteiger partial charge in [-0.1, -0.05) is 30.3 Å². The summed E-state index contributed by atoms with van der Waals surface area (Å²) >= 11 is 0. The molecule has 0 fully saturated rings. The van der Waals surface area contributed by atoms with Gasteiger partial charge in [0.25, 0.3) is 5.91 Å². The molecule has 8 nitrogen and oxygen atoms in total. The molecule has 196 valence electrons. The van der Waals surface area contributed by atoms with Crippen LogP contribution in [0.5, 0.6) is 11.5 Å². The molecular weight excluding hydrogens is 470 g/mol. The molecule has 1 atom stereocenters. The molecule has 0 bridgehead atoms. The summed E-state index contributed by atoms with van der Waals surface area (Å²) in [5.41, 5.74) is 3.83. The van der Waals surface area contributed by atoms with Crippen LogP contribution in [0, 0.1) is 6.92 Å². The number of aryl methyl sites for hydroxylation is 1. The number of phenolic OH excluding ortho intramolecular Hbond substituents is 2. The number of anilines is 1. The van der Waals surface area contributed by atoms with E-state index in [0.717, 1.165) is 16.7 Å². The largest absolute Gasteiger partial charge is 0.508 e. The van der Waals surface area contributed by atoms with E-state index >= 15 is 0 Å². The second kappa shape index (κ2) is 12.4. The lowest BCUT2D eigenvalue weighted by molar-refractivity contribution is -0.105. The predicted molar refractivity (Wildman–Crippen MR) is 144 cm³/mol. The molecule has 0 aliphatic carbocycles. The molecule has 0 saturated heterocycles. The minimum atomic E-state index is -0.846. The lowest BCUT2D eigenvalue weighted by Crippen LogP contribution is -2.43. The third kappa shape index (κ3) is 8.06. The van der Waals surface area contributed by atoms with Crippen LogP contribution in [0.25, 0.3) is 0 Å². The average Bonchev–Trinajstić information content (AvgIpc) is 2.86. The van der Waals surface area contributed by atoms with Gasteiger partial charge in [-0.15, -0.1) is 0 Å². The van der Waals surface area contributed by atoms with Crippen molar-refractivity contribution in [2.75, 3.05) is 18.4 Å². The molecule has 37 heavy (non-hydrogen) atoms. The summed E-state index contributed by atoms with van der Waals surface area (Å²) in [6, 6.07) is 17.5. The molecule has 0 aliphatic heterocycles. The Morgan fingerprint density at radius 3 is 2.49 bits per heavy atom. The molecule has 6 N–H and O–H groups in total. The van der Waals surface area contributed by atoms with E-state index in [1.54, 1.807) is 18.2 Å². The maximum Gasteiger partial charge on any atom is 0.251 e. The van der Waals surface area contributed by atoms with Crippen molar-refractivity contribution in [2.24, 2.45) is 0 Å². The van der Waals surface area contributed by atoms with E-state index in [9.17, 15) is 24.9 Å². The summed E-state index contributed by atoms with van der Waals surface area (Å²) in [5, 5.41) is 38.8. The molecular formula is C29H35N3O5. The van der Waals surface area contributed by atoms with Gasteiger partial charge in [0.15, 0.2) is 0 Å². The zero-order valence-corrected chi connectivity index (χ0v) is 21.4. The van der Waals surface area contributed by atoms with Gasteiger partial charge in [0.1, 0.15) is 11.5 Å². The van der Waals surface area contributed by atoms with Crippen LogP contribution >= 0.6 is 0 Å². The molecule has 0 aromatic heterocycles. The highest BCUT2D eigenvalue weighted by atomic mass is 16.3. The van der Waals surface area contributed by atoms with Crippen molar-refractivity contribution in [1.29, 1.82) is 0 Å². The van der Waals surface area contributed by atoms with Gasteiger partial charge in [-0.2, -0.15) is 0 Å².